The van der Waals surface area contributed by atoms with Crippen LogP contribution in [-0.2, 0) is 11.3 Å². The zero-order chi connectivity index (χ0) is 11.4. The van der Waals surface area contributed by atoms with Crippen LogP contribution < -0.4 is 5.73 Å². The molecule has 3 nitrogen and oxygen atoms in total. The van der Waals surface area contributed by atoms with Gasteiger partial charge in [-0.2, -0.15) is 0 Å². The van der Waals surface area contributed by atoms with Crippen molar-refractivity contribution in [1.82, 2.24) is 0 Å². The van der Waals surface area contributed by atoms with Crippen LogP contribution in [0.4, 0.5) is 5.69 Å². The fourth-order valence-electron chi connectivity index (χ4n) is 1.27. The van der Waals surface area contributed by atoms with Crippen LogP contribution in [0.25, 0.3) is 0 Å². The Bertz CT molecular complexity index is 479. The summed E-state index contributed by atoms with van der Waals surface area (Å²) in [4.78, 5) is 12.1. The fraction of sp³-hybridized carbons (Fsp3) is 0.0833. The Balaban J connectivity index is 1.97. The molecule has 1 heterocycles. The number of anilines is 1. The number of hydrogen-bond acceptors (Lipinski definition) is 4. The molecule has 0 amide bonds. The number of thiophene rings is 1. The monoisotopic (exact) mass is 233 g/mol. The molecular weight excluding hydrogens is 222 g/mol. The van der Waals surface area contributed by atoms with Gasteiger partial charge >= 0.3 is 5.97 Å². The van der Waals surface area contributed by atoms with Crippen molar-refractivity contribution in [2.24, 2.45) is 0 Å². The second-order valence-electron chi connectivity index (χ2n) is 3.27. The van der Waals surface area contributed by atoms with Gasteiger partial charge in [-0.05, 0) is 17.0 Å². The summed E-state index contributed by atoms with van der Waals surface area (Å²) >= 11 is 1.29. The standard InChI is InChI=1S/C12H11NO2S/c13-10-6-7-16-11(10)12(14)15-8-9-4-2-1-3-5-9/h1-7H,8,13H2. The molecule has 82 valence electrons. The van der Waals surface area contributed by atoms with Gasteiger partial charge in [0.2, 0.25) is 0 Å². The highest BCUT2D eigenvalue weighted by Gasteiger charge is 2.12. The molecule has 0 saturated carbocycles. The lowest BCUT2D eigenvalue weighted by atomic mass is 10.2. The zero-order valence-electron chi connectivity index (χ0n) is 8.55. The molecule has 0 aliphatic carbocycles. The third-order valence-electron chi connectivity index (χ3n) is 2.09. The number of nitrogen functional groups attached to an aromatic ring is 1. The lowest BCUT2D eigenvalue weighted by Crippen LogP contribution is -2.05. The van der Waals surface area contributed by atoms with Crippen molar-refractivity contribution < 1.29 is 9.53 Å². The first-order chi connectivity index (χ1) is 7.77. The minimum Gasteiger partial charge on any atom is -0.457 e. The van der Waals surface area contributed by atoms with E-state index in [1.807, 2.05) is 30.3 Å². The molecule has 1 aromatic heterocycles. The van der Waals surface area contributed by atoms with Gasteiger partial charge in [-0.25, -0.2) is 4.79 Å². The van der Waals surface area contributed by atoms with E-state index in [0.717, 1.165) is 5.56 Å². The fourth-order valence-corrected chi connectivity index (χ4v) is 1.98. The molecule has 0 fully saturated rings. The maximum absolute atomic E-state index is 11.6. The minimum absolute atomic E-state index is 0.275. The number of rotatable bonds is 3. The Morgan fingerprint density at radius 1 is 1.25 bits per heavy atom. The quantitative estimate of drug-likeness (QED) is 0.829. The molecule has 0 aliphatic rings. The van der Waals surface area contributed by atoms with Gasteiger partial charge in [-0.3, -0.25) is 0 Å². The Hall–Kier alpha value is -1.81. The van der Waals surface area contributed by atoms with Crippen LogP contribution in [0.3, 0.4) is 0 Å². The SMILES string of the molecule is Nc1ccsc1C(=O)OCc1ccccc1. The average molecular weight is 233 g/mol. The predicted octanol–water partition coefficient (Wildman–Crippen LogP) is 2.69. The lowest BCUT2D eigenvalue weighted by Gasteiger charge is -2.03. The Morgan fingerprint density at radius 3 is 2.62 bits per heavy atom. The van der Waals surface area contributed by atoms with E-state index in [1.54, 1.807) is 11.4 Å². The molecule has 0 saturated heterocycles. The second-order valence-corrected chi connectivity index (χ2v) is 4.18. The third kappa shape index (κ3) is 2.41. The normalized spacial score (nSPS) is 10.0. The van der Waals surface area contributed by atoms with Gasteiger partial charge in [0.1, 0.15) is 11.5 Å². The first-order valence-corrected chi connectivity index (χ1v) is 5.69. The maximum Gasteiger partial charge on any atom is 0.350 e. The number of benzene rings is 1. The molecule has 1 aromatic carbocycles. The van der Waals surface area contributed by atoms with E-state index in [-0.39, 0.29) is 12.6 Å². The zero-order valence-corrected chi connectivity index (χ0v) is 9.37. The van der Waals surface area contributed by atoms with Crippen LogP contribution >= 0.6 is 11.3 Å². The average Bonchev–Trinajstić information content (AvgIpc) is 2.74. The van der Waals surface area contributed by atoms with Crippen molar-refractivity contribution in [3.05, 3.63) is 52.2 Å². The van der Waals surface area contributed by atoms with Crippen LogP contribution in [0.15, 0.2) is 41.8 Å². The van der Waals surface area contributed by atoms with Crippen molar-refractivity contribution in [2.75, 3.05) is 5.73 Å². The predicted molar refractivity (Wildman–Crippen MR) is 64.3 cm³/mol. The van der Waals surface area contributed by atoms with Gasteiger partial charge in [0.05, 0.1) is 5.69 Å². The van der Waals surface area contributed by atoms with Crippen LogP contribution in [0.2, 0.25) is 0 Å². The summed E-state index contributed by atoms with van der Waals surface area (Å²) in [6.07, 6.45) is 0. The minimum atomic E-state index is -0.364. The summed E-state index contributed by atoms with van der Waals surface area (Å²) in [5, 5.41) is 1.77. The topological polar surface area (TPSA) is 52.3 Å². The molecule has 2 aromatic rings. The van der Waals surface area contributed by atoms with Crippen molar-refractivity contribution in [3.8, 4) is 0 Å². The number of hydrogen-bond donors (Lipinski definition) is 1. The van der Waals surface area contributed by atoms with E-state index in [0.29, 0.717) is 10.6 Å². The summed E-state index contributed by atoms with van der Waals surface area (Å²) in [5.41, 5.74) is 7.06. The van der Waals surface area contributed by atoms with E-state index < -0.39 is 0 Å². The van der Waals surface area contributed by atoms with Crippen molar-refractivity contribution in [3.63, 3.8) is 0 Å². The molecule has 0 radical (unpaired) electrons. The Labute approximate surface area is 97.5 Å². The molecular formula is C12H11NO2S. The third-order valence-corrected chi connectivity index (χ3v) is 3.00. The molecule has 0 spiro atoms. The second kappa shape index (κ2) is 4.81. The number of esters is 1. The Morgan fingerprint density at radius 2 is 2.00 bits per heavy atom. The molecule has 4 heteroatoms. The smallest absolute Gasteiger partial charge is 0.350 e. The first kappa shape index (κ1) is 10.7. The van der Waals surface area contributed by atoms with Crippen molar-refractivity contribution >= 4 is 23.0 Å². The van der Waals surface area contributed by atoms with Gasteiger partial charge in [-0.15, -0.1) is 11.3 Å². The van der Waals surface area contributed by atoms with Gasteiger partial charge in [0.25, 0.3) is 0 Å². The van der Waals surface area contributed by atoms with Crippen LogP contribution in [0.5, 0.6) is 0 Å². The molecule has 0 unspecified atom stereocenters. The van der Waals surface area contributed by atoms with Gasteiger partial charge in [0, 0.05) is 0 Å². The van der Waals surface area contributed by atoms with E-state index in [4.69, 9.17) is 10.5 Å². The highest BCUT2D eigenvalue weighted by molar-refractivity contribution is 7.12. The summed E-state index contributed by atoms with van der Waals surface area (Å²) < 4.78 is 5.14. The highest BCUT2D eigenvalue weighted by Crippen LogP contribution is 2.20. The highest BCUT2D eigenvalue weighted by atomic mass is 32.1. The molecule has 0 aliphatic heterocycles. The van der Waals surface area contributed by atoms with Crippen molar-refractivity contribution in [2.45, 2.75) is 6.61 Å². The Kier molecular flexibility index (Phi) is 3.22. The lowest BCUT2D eigenvalue weighted by molar-refractivity contribution is 0.0479. The van der Waals surface area contributed by atoms with Gasteiger partial charge in [-0.1, -0.05) is 30.3 Å². The van der Waals surface area contributed by atoms with Gasteiger partial charge in [0.15, 0.2) is 0 Å². The van der Waals surface area contributed by atoms with E-state index in [2.05, 4.69) is 0 Å². The summed E-state index contributed by atoms with van der Waals surface area (Å²) in [6, 6.07) is 11.2. The number of carbonyl (C=O) groups is 1. The largest absolute Gasteiger partial charge is 0.457 e. The summed E-state index contributed by atoms with van der Waals surface area (Å²) in [6.45, 7) is 0.275. The molecule has 0 atom stereocenters. The number of nitrogens with two attached hydrogens (primary N) is 1. The van der Waals surface area contributed by atoms with Crippen molar-refractivity contribution in [1.29, 1.82) is 0 Å². The molecule has 2 rings (SSSR count). The van der Waals surface area contributed by atoms with E-state index >= 15 is 0 Å². The molecule has 2 N–H and O–H groups in total. The summed E-state index contributed by atoms with van der Waals surface area (Å²) in [5.74, 6) is -0.364. The number of carbonyl (C=O) groups excluding carboxylic acids is 1. The maximum atomic E-state index is 11.6. The number of ether oxygens (including phenoxy) is 1. The van der Waals surface area contributed by atoms with Gasteiger partial charge < -0.3 is 10.5 Å². The van der Waals surface area contributed by atoms with Crippen LogP contribution in [0, 0.1) is 0 Å². The molecule has 16 heavy (non-hydrogen) atoms. The first-order valence-electron chi connectivity index (χ1n) is 4.81. The van der Waals surface area contributed by atoms with Crippen LogP contribution in [-0.4, -0.2) is 5.97 Å². The molecule has 0 bridgehead atoms. The van der Waals surface area contributed by atoms with Crippen LogP contribution in [0.1, 0.15) is 15.2 Å². The van der Waals surface area contributed by atoms with E-state index in [1.165, 1.54) is 11.3 Å². The summed E-state index contributed by atoms with van der Waals surface area (Å²) in [7, 11) is 0. The van der Waals surface area contributed by atoms with E-state index in [9.17, 15) is 4.79 Å².